The minimum absolute atomic E-state index is 0.0586. The van der Waals surface area contributed by atoms with Gasteiger partial charge >= 0.3 is 0 Å². The van der Waals surface area contributed by atoms with E-state index in [1.54, 1.807) is 23.5 Å². The molecule has 1 aromatic carbocycles. The molecule has 3 nitrogen and oxygen atoms in total. The van der Waals surface area contributed by atoms with Crippen molar-refractivity contribution in [2.75, 3.05) is 6.54 Å². The van der Waals surface area contributed by atoms with E-state index in [0.29, 0.717) is 23.1 Å². The van der Waals surface area contributed by atoms with E-state index in [2.05, 4.69) is 26.6 Å². The standard InChI is InChI=1S/C14H13BrCl2N2OS/c15-13-4-2-10(21-13)7-18-8-14(20)19-6-9-1-3-11(16)12(17)5-9/h1-5,18H,6-8H2,(H,19,20). The van der Waals surface area contributed by atoms with E-state index < -0.39 is 0 Å². The van der Waals surface area contributed by atoms with Gasteiger partial charge in [0.1, 0.15) is 0 Å². The van der Waals surface area contributed by atoms with Crippen molar-refractivity contribution in [1.82, 2.24) is 10.6 Å². The van der Waals surface area contributed by atoms with Crippen LogP contribution in [0.5, 0.6) is 0 Å². The van der Waals surface area contributed by atoms with Gasteiger partial charge in [-0.05, 0) is 45.8 Å². The predicted molar refractivity (Wildman–Crippen MR) is 92.0 cm³/mol. The molecule has 1 aromatic heterocycles. The maximum absolute atomic E-state index is 11.7. The monoisotopic (exact) mass is 406 g/mol. The molecule has 0 saturated carbocycles. The molecule has 112 valence electrons. The molecule has 2 aromatic rings. The van der Waals surface area contributed by atoms with E-state index in [-0.39, 0.29) is 12.5 Å². The summed E-state index contributed by atoms with van der Waals surface area (Å²) in [5, 5.41) is 6.93. The molecular weight excluding hydrogens is 395 g/mol. The first-order valence-electron chi connectivity index (χ1n) is 6.20. The fourth-order valence-electron chi connectivity index (χ4n) is 1.66. The van der Waals surface area contributed by atoms with E-state index in [9.17, 15) is 4.79 Å². The fourth-order valence-corrected chi connectivity index (χ4v) is 3.43. The first-order chi connectivity index (χ1) is 10.0. The molecule has 2 N–H and O–H groups in total. The molecule has 0 atom stereocenters. The number of benzene rings is 1. The summed E-state index contributed by atoms with van der Waals surface area (Å²) >= 11 is 16.8. The third-order valence-electron chi connectivity index (χ3n) is 2.69. The molecule has 0 spiro atoms. The summed E-state index contributed by atoms with van der Waals surface area (Å²) in [7, 11) is 0. The van der Waals surface area contributed by atoms with Gasteiger partial charge in [0.15, 0.2) is 0 Å². The largest absolute Gasteiger partial charge is 0.351 e. The van der Waals surface area contributed by atoms with E-state index in [1.807, 2.05) is 18.2 Å². The Morgan fingerprint density at radius 2 is 1.95 bits per heavy atom. The number of nitrogens with one attached hydrogen (secondary N) is 2. The van der Waals surface area contributed by atoms with E-state index in [4.69, 9.17) is 23.2 Å². The van der Waals surface area contributed by atoms with Crippen LogP contribution in [0.2, 0.25) is 10.0 Å². The number of hydrogen-bond donors (Lipinski definition) is 2. The topological polar surface area (TPSA) is 41.1 Å². The Balaban J connectivity index is 1.70. The zero-order valence-electron chi connectivity index (χ0n) is 11.0. The summed E-state index contributed by atoms with van der Waals surface area (Å²) in [5.74, 6) is -0.0586. The van der Waals surface area contributed by atoms with Gasteiger partial charge in [-0.1, -0.05) is 29.3 Å². The highest BCUT2D eigenvalue weighted by molar-refractivity contribution is 9.11. The molecule has 0 aliphatic rings. The summed E-state index contributed by atoms with van der Waals surface area (Å²) in [6.45, 7) is 1.38. The number of thiophene rings is 1. The zero-order valence-corrected chi connectivity index (χ0v) is 14.9. The Kier molecular flexibility index (Phi) is 6.51. The van der Waals surface area contributed by atoms with E-state index in [1.165, 1.54) is 4.88 Å². The minimum atomic E-state index is -0.0586. The summed E-state index contributed by atoms with van der Waals surface area (Å²) in [4.78, 5) is 12.9. The van der Waals surface area contributed by atoms with Crippen molar-refractivity contribution >= 4 is 56.4 Å². The average Bonchev–Trinajstić information content (AvgIpc) is 2.86. The van der Waals surface area contributed by atoms with Crippen molar-refractivity contribution in [3.8, 4) is 0 Å². The van der Waals surface area contributed by atoms with Gasteiger partial charge in [-0.3, -0.25) is 4.79 Å². The normalized spacial score (nSPS) is 10.6. The number of hydrogen-bond acceptors (Lipinski definition) is 3. The highest BCUT2D eigenvalue weighted by Crippen LogP contribution is 2.22. The Morgan fingerprint density at radius 1 is 1.14 bits per heavy atom. The fraction of sp³-hybridized carbons (Fsp3) is 0.214. The first kappa shape index (κ1) is 16.8. The van der Waals surface area contributed by atoms with Crippen molar-refractivity contribution in [3.05, 3.63) is 54.6 Å². The SMILES string of the molecule is O=C(CNCc1ccc(Br)s1)NCc1ccc(Cl)c(Cl)c1. The van der Waals surface area contributed by atoms with Gasteiger partial charge in [0, 0.05) is 18.0 Å². The average molecular weight is 408 g/mol. The lowest BCUT2D eigenvalue weighted by molar-refractivity contribution is -0.120. The molecule has 0 aliphatic carbocycles. The van der Waals surface area contributed by atoms with Crippen LogP contribution in [0.15, 0.2) is 34.1 Å². The molecule has 0 saturated heterocycles. The lowest BCUT2D eigenvalue weighted by Crippen LogP contribution is -2.33. The van der Waals surface area contributed by atoms with Crippen LogP contribution in [0.1, 0.15) is 10.4 Å². The quantitative estimate of drug-likeness (QED) is 0.752. The molecule has 7 heteroatoms. The molecule has 0 aliphatic heterocycles. The van der Waals surface area contributed by atoms with Gasteiger partial charge in [-0.2, -0.15) is 0 Å². The number of halogens is 3. The number of carbonyl (C=O) groups excluding carboxylic acids is 1. The van der Waals surface area contributed by atoms with Crippen LogP contribution in [0.4, 0.5) is 0 Å². The van der Waals surface area contributed by atoms with Crippen molar-refractivity contribution in [3.63, 3.8) is 0 Å². The summed E-state index contributed by atoms with van der Waals surface area (Å²) in [6, 6.07) is 9.32. The van der Waals surface area contributed by atoms with Gasteiger partial charge in [0.2, 0.25) is 5.91 Å². The summed E-state index contributed by atoms with van der Waals surface area (Å²) in [5.41, 5.74) is 0.917. The molecule has 0 radical (unpaired) electrons. The predicted octanol–water partition coefficient (Wildman–Crippen LogP) is 4.22. The zero-order chi connectivity index (χ0) is 15.2. The Morgan fingerprint density at radius 3 is 2.62 bits per heavy atom. The van der Waals surface area contributed by atoms with Crippen molar-refractivity contribution in [2.45, 2.75) is 13.1 Å². The van der Waals surface area contributed by atoms with Crippen LogP contribution >= 0.6 is 50.5 Å². The number of carbonyl (C=O) groups is 1. The van der Waals surface area contributed by atoms with Crippen LogP contribution in [0.3, 0.4) is 0 Å². The van der Waals surface area contributed by atoms with Crippen molar-refractivity contribution < 1.29 is 4.79 Å². The van der Waals surface area contributed by atoms with Gasteiger partial charge < -0.3 is 10.6 Å². The van der Waals surface area contributed by atoms with Crippen LogP contribution < -0.4 is 10.6 Å². The lowest BCUT2D eigenvalue weighted by atomic mass is 10.2. The highest BCUT2D eigenvalue weighted by atomic mass is 79.9. The smallest absolute Gasteiger partial charge is 0.234 e. The molecule has 1 amide bonds. The van der Waals surface area contributed by atoms with Crippen LogP contribution in [-0.2, 0) is 17.9 Å². The second-order valence-corrected chi connectivity index (χ2v) is 7.70. The molecule has 0 unspecified atom stereocenters. The van der Waals surface area contributed by atoms with Crippen molar-refractivity contribution in [1.29, 1.82) is 0 Å². The third kappa shape index (κ3) is 5.60. The lowest BCUT2D eigenvalue weighted by Gasteiger charge is -2.07. The maximum Gasteiger partial charge on any atom is 0.234 e. The molecule has 1 heterocycles. The Hall–Kier alpha value is -0.590. The van der Waals surface area contributed by atoms with Crippen LogP contribution in [0, 0.1) is 0 Å². The van der Waals surface area contributed by atoms with Gasteiger partial charge in [0.05, 0.1) is 20.4 Å². The highest BCUT2D eigenvalue weighted by Gasteiger charge is 2.04. The van der Waals surface area contributed by atoms with Crippen molar-refractivity contribution in [2.24, 2.45) is 0 Å². The number of rotatable bonds is 6. The van der Waals surface area contributed by atoms with E-state index >= 15 is 0 Å². The van der Waals surface area contributed by atoms with Crippen LogP contribution in [-0.4, -0.2) is 12.5 Å². The second-order valence-electron chi connectivity index (χ2n) is 4.33. The van der Waals surface area contributed by atoms with E-state index in [0.717, 1.165) is 9.35 Å². The third-order valence-corrected chi connectivity index (χ3v) is 5.05. The molecule has 0 fully saturated rings. The molecule has 0 bridgehead atoms. The maximum atomic E-state index is 11.7. The summed E-state index contributed by atoms with van der Waals surface area (Å²) < 4.78 is 1.09. The summed E-state index contributed by atoms with van der Waals surface area (Å²) in [6.07, 6.45) is 0. The van der Waals surface area contributed by atoms with Gasteiger partial charge in [-0.15, -0.1) is 11.3 Å². The van der Waals surface area contributed by atoms with Gasteiger partial charge in [0.25, 0.3) is 0 Å². The Bertz CT molecular complexity index is 633. The second kappa shape index (κ2) is 8.15. The molecule has 2 rings (SSSR count). The van der Waals surface area contributed by atoms with Gasteiger partial charge in [-0.25, -0.2) is 0 Å². The minimum Gasteiger partial charge on any atom is -0.351 e. The first-order valence-corrected chi connectivity index (χ1v) is 8.56. The molecular formula is C14H13BrCl2N2OS. The molecule has 21 heavy (non-hydrogen) atoms. The van der Waals surface area contributed by atoms with Crippen LogP contribution in [0.25, 0.3) is 0 Å². The Labute approximate surface area is 145 Å². The number of amides is 1.